The summed E-state index contributed by atoms with van der Waals surface area (Å²) in [4.78, 5) is 17.3. The monoisotopic (exact) mass is 420 g/mol. The zero-order valence-corrected chi connectivity index (χ0v) is 19.3. The van der Waals surface area contributed by atoms with Gasteiger partial charge in [0.15, 0.2) is 0 Å². The van der Waals surface area contributed by atoms with Crippen molar-refractivity contribution in [3.63, 3.8) is 0 Å². The third kappa shape index (κ3) is 4.64. The van der Waals surface area contributed by atoms with E-state index in [-0.39, 0.29) is 11.3 Å². The summed E-state index contributed by atoms with van der Waals surface area (Å²) in [5.41, 5.74) is 3.37. The predicted molar refractivity (Wildman–Crippen MR) is 126 cm³/mol. The van der Waals surface area contributed by atoms with E-state index in [1.165, 1.54) is 30.5 Å². The summed E-state index contributed by atoms with van der Waals surface area (Å²) in [7, 11) is 1.73. The topological polar surface area (TPSA) is 32.8 Å². The van der Waals surface area contributed by atoms with Gasteiger partial charge in [-0.15, -0.1) is 0 Å². The second-order valence-electron chi connectivity index (χ2n) is 9.11. The lowest BCUT2D eigenvalue weighted by molar-refractivity contribution is 0.0773. The van der Waals surface area contributed by atoms with Gasteiger partial charge in [-0.3, -0.25) is 4.79 Å². The normalized spacial score (nSPS) is 18.5. The van der Waals surface area contributed by atoms with E-state index in [9.17, 15) is 4.79 Å². The number of piperidine rings is 1. The zero-order valence-electron chi connectivity index (χ0n) is 19.3. The molecular formula is C27H36N2O2. The van der Waals surface area contributed by atoms with Crippen LogP contribution in [0.1, 0.15) is 61.0 Å². The van der Waals surface area contributed by atoms with Crippen LogP contribution in [-0.2, 0) is 5.41 Å². The molecule has 0 atom stereocenters. The molecule has 4 heteroatoms. The van der Waals surface area contributed by atoms with Crippen LogP contribution in [0.5, 0.6) is 5.75 Å². The van der Waals surface area contributed by atoms with Crippen molar-refractivity contribution < 1.29 is 9.53 Å². The number of likely N-dealkylation sites (tertiary alicyclic amines) is 1. The summed E-state index contributed by atoms with van der Waals surface area (Å²) in [6.07, 6.45) is 4.99. The molecule has 1 amide bonds. The van der Waals surface area contributed by atoms with Crippen molar-refractivity contribution in [1.82, 2.24) is 9.80 Å². The molecule has 1 heterocycles. The van der Waals surface area contributed by atoms with Crippen LogP contribution < -0.4 is 4.74 Å². The first-order valence-corrected chi connectivity index (χ1v) is 11.9. The molecule has 0 radical (unpaired) electrons. The lowest BCUT2D eigenvalue weighted by Gasteiger charge is -2.43. The first kappa shape index (κ1) is 21.9. The third-order valence-electron chi connectivity index (χ3n) is 7.28. The minimum Gasteiger partial charge on any atom is -0.497 e. The number of nitrogens with zero attached hydrogens (tertiary/aromatic N) is 2. The van der Waals surface area contributed by atoms with Crippen LogP contribution >= 0.6 is 0 Å². The molecule has 0 N–H and O–H groups in total. The van der Waals surface area contributed by atoms with Gasteiger partial charge in [0.05, 0.1) is 7.11 Å². The highest BCUT2D eigenvalue weighted by molar-refractivity contribution is 5.94. The zero-order chi connectivity index (χ0) is 21.8. The maximum Gasteiger partial charge on any atom is 0.253 e. The smallest absolute Gasteiger partial charge is 0.253 e. The SMILES string of the molecule is CCN(CC)C(=O)c1ccc(C2(c3cccc(OC)c3)CCN(CC3CC3)CC2)cc1. The van der Waals surface area contributed by atoms with Crippen LogP contribution in [0, 0.1) is 5.92 Å². The van der Waals surface area contributed by atoms with Crippen molar-refractivity contribution in [2.45, 2.75) is 44.9 Å². The number of carbonyl (C=O) groups excluding carboxylic acids is 1. The number of hydrogen-bond acceptors (Lipinski definition) is 3. The first-order chi connectivity index (χ1) is 15.1. The molecule has 2 aromatic carbocycles. The maximum absolute atomic E-state index is 12.8. The number of rotatable bonds is 8. The van der Waals surface area contributed by atoms with Crippen LogP contribution in [0.4, 0.5) is 0 Å². The predicted octanol–water partition coefficient (Wildman–Crippen LogP) is 4.97. The van der Waals surface area contributed by atoms with Crippen LogP contribution in [0.25, 0.3) is 0 Å². The van der Waals surface area contributed by atoms with Crippen molar-refractivity contribution in [2.24, 2.45) is 5.92 Å². The highest BCUT2D eigenvalue weighted by atomic mass is 16.5. The van der Waals surface area contributed by atoms with E-state index in [0.29, 0.717) is 0 Å². The van der Waals surface area contributed by atoms with Gasteiger partial charge in [0, 0.05) is 30.6 Å². The molecule has 166 valence electrons. The van der Waals surface area contributed by atoms with Gasteiger partial charge < -0.3 is 14.5 Å². The minimum atomic E-state index is -0.0363. The molecule has 1 saturated heterocycles. The number of benzene rings is 2. The average Bonchev–Trinajstić information content (AvgIpc) is 3.64. The van der Waals surface area contributed by atoms with Crippen molar-refractivity contribution in [3.8, 4) is 5.75 Å². The van der Waals surface area contributed by atoms with Crippen LogP contribution in [0.15, 0.2) is 48.5 Å². The van der Waals surface area contributed by atoms with Gasteiger partial charge >= 0.3 is 0 Å². The molecule has 31 heavy (non-hydrogen) atoms. The van der Waals surface area contributed by atoms with Crippen molar-refractivity contribution >= 4 is 5.91 Å². The maximum atomic E-state index is 12.8. The molecule has 2 aromatic rings. The summed E-state index contributed by atoms with van der Waals surface area (Å²) in [5.74, 6) is 1.95. The molecule has 2 aliphatic rings. The second kappa shape index (κ2) is 9.44. The Labute approximate surface area is 187 Å². The van der Waals surface area contributed by atoms with Gasteiger partial charge in [0.25, 0.3) is 5.91 Å². The van der Waals surface area contributed by atoms with E-state index in [0.717, 1.165) is 56.3 Å². The van der Waals surface area contributed by atoms with Crippen LogP contribution in [0.3, 0.4) is 0 Å². The van der Waals surface area contributed by atoms with Gasteiger partial charge in [-0.1, -0.05) is 24.3 Å². The van der Waals surface area contributed by atoms with E-state index in [1.807, 2.05) is 36.9 Å². The lowest BCUT2D eigenvalue weighted by Crippen LogP contribution is -2.44. The number of amides is 1. The molecule has 4 nitrogen and oxygen atoms in total. The van der Waals surface area contributed by atoms with Crippen molar-refractivity contribution in [2.75, 3.05) is 39.8 Å². The Morgan fingerprint density at radius 1 is 1.03 bits per heavy atom. The fourth-order valence-corrected chi connectivity index (χ4v) is 5.07. The Balaban J connectivity index is 1.63. The Morgan fingerprint density at radius 2 is 1.71 bits per heavy atom. The lowest BCUT2D eigenvalue weighted by atomic mass is 9.68. The highest BCUT2D eigenvalue weighted by Gasteiger charge is 2.39. The molecule has 0 bridgehead atoms. The van der Waals surface area contributed by atoms with Crippen LogP contribution in [-0.4, -0.2) is 55.5 Å². The molecular weight excluding hydrogens is 384 g/mol. The Hall–Kier alpha value is -2.33. The van der Waals surface area contributed by atoms with Gasteiger partial charge in [-0.25, -0.2) is 0 Å². The molecule has 0 unspecified atom stereocenters. The van der Waals surface area contributed by atoms with E-state index in [1.54, 1.807) is 7.11 Å². The highest BCUT2D eigenvalue weighted by Crippen LogP contribution is 2.43. The molecule has 1 aliphatic heterocycles. The van der Waals surface area contributed by atoms with Gasteiger partial charge in [-0.05, 0) is 93.9 Å². The van der Waals surface area contributed by atoms with Gasteiger partial charge in [-0.2, -0.15) is 0 Å². The largest absolute Gasteiger partial charge is 0.497 e. The van der Waals surface area contributed by atoms with E-state index in [4.69, 9.17) is 4.74 Å². The minimum absolute atomic E-state index is 0.0363. The molecule has 1 saturated carbocycles. The molecule has 0 aromatic heterocycles. The Morgan fingerprint density at radius 3 is 2.29 bits per heavy atom. The van der Waals surface area contributed by atoms with Crippen molar-refractivity contribution in [3.05, 3.63) is 65.2 Å². The van der Waals surface area contributed by atoms with E-state index in [2.05, 4.69) is 35.2 Å². The molecule has 0 spiro atoms. The summed E-state index contributed by atoms with van der Waals surface area (Å²) in [6, 6.07) is 17.0. The van der Waals surface area contributed by atoms with Gasteiger partial charge in [0.1, 0.15) is 5.75 Å². The van der Waals surface area contributed by atoms with E-state index < -0.39 is 0 Å². The molecule has 4 rings (SSSR count). The number of hydrogen-bond donors (Lipinski definition) is 0. The number of carbonyl (C=O) groups is 1. The third-order valence-corrected chi connectivity index (χ3v) is 7.28. The fraction of sp³-hybridized carbons (Fsp3) is 0.519. The quantitative estimate of drug-likeness (QED) is 0.604. The standard InChI is InChI=1S/C27H36N2O2/c1-4-29(5-2)26(30)22-11-13-23(14-12-22)27(24-7-6-8-25(19-24)31-3)15-17-28(18-16-27)20-21-9-10-21/h6-8,11-14,19,21H,4-5,9-10,15-18,20H2,1-3H3. The summed E-state index contributed by atoms with van der Waals surface area (Å²) in [5, 5.41) is 0. The molecule has 1 aliphatic carbocycles. The first-order valence-electron chi connectivity index (χ1n) is 11.9. The Bertz CT molecular complexity index is 876. The number of methoxy groups -OCH3 is 1. The van der Waals surface area contributed by atoms with Crippen molar-refractivity contribution in [1.29, 1.82) is 0 Å². The summed E-state index contributed by atoms with van der Waals surface area (Å²) < 4.78 is 5.55. The number of ether oxygens (including phenoxy) is 1. The fourth-order valence-electron chi connectivity index (χ4n) is 5.07. The average molecular weight is 421 g/mol. The Kier molecular flexibility index (Phi) is 6.66. The van der Waals surface area contributed by atoms with Gasteiger partial charge in [0.2, 0.25) is 0 Å². The summed E-state index contributed by atoms with van der Waals surface area (Å²) in [6.45, 7) is 9.03. The van der Waals surface area contributed by atoms with E-state index >= 15 is 0 Å². The van der Waals surface area contributed by atoms with Crippen LogP contribution in [0.2, 0.25) is 0 Å². The summed E-state index contributed by atoms with van der Waals surface area (Å²) >= 11 is 0. The second-order valence-corrected chi connectivity index (χ2v) is 9.11. The molecule has 2 fully saturated rings.